The maximum Gasteiger partial charge on any atom is 0.241 e. The van der Waals surface area contributed by atoms with Crippen LogP contribution >= 0.6 is 24.2 Å². The highest BCUT2D eigenvalue weighted by Gasteiger charge is 2.16. The quantitative estimate of drug-likeness (QED) is 0.772. The Morgan fingerprint density at radius 1 is 1.27 bits per heavy atom. The number of hydrogen-bond donors (Lipinski definition) is 2. The number of benzene rings is 1. The van der Waals surface area contributed by atoms with Gasteiger partial charge in [-0.05, 0) is 41.7 Å². The Kier molecular flexibility index (Phi) is 9.81. The Balaban J connectivity index is 0.00000441. The van der Waals surface area contributed by atoms with Gasteiger partial charge in [0.1, 0.15) is 0 Å². The maximum atomic E-state index is 12.1. The predicted octanol–water partition coefficient (Wildman–Crippen LogP) is 4.37. The van der Waals surface area contributed by atoms with Gasteiger partial charge in [-0.2, -0.15) is 11.8 Å². The van der Waals surface area contributed by atoms with Gasteiger partial charge in [0, 0.05) is 11.4 Å². The van der Waals surface area contributed by atoms with E-state index in [-0.39, 0.29) is 18.3 Å². The van der Waals surface area contributed by atoms with Gasteiger partial charge in [0.05, 0.1) is 6.04 Å². The van der Waals surface area contributed by atoms with Crippen LogP contribution < -0.4 is 11.1 Å². The number of amides is 1. The van der Waals surface area contributed by atoms with Gasteiger partial charge in [0.2, 0.25) is 5.91 Å². The molecule has 0 heterocycles. The molecule has 5 heteroatoms. The molecule has 0 spiro atoms. The van der Waals surface area contributed by atoms with E-state index in [1.807, 2.05) is 23.9 Å². The minimum Gasteiger partial charge on any atom is -0.324 e. The molecular weight excluding hydrogens is 316 g/mol. The van der Waals surface area contributed by atoms with Gasteiger partial charge in [-0.3, -0.25) is 4.79 Å². The summed E-state index contributed by atoms with van der Waals surface area (Å²) in [7, 11) is 0. The number of thioether (sulfide) groups is 1. The number of anilines is 1. The second kappa shape index (κ2) is 10.1. The summed E-state index contributed by atoms with van der Waals surface area (Å²) in [5.74, 6) is 1.28. The van der Waals surface area contributed by atoms with E-state index in [1.165, 1.54) is 5.56 Å². The zero-order valence-electron chi connectivity index (χ0n) is 14.2. The predicted molar refractivity (Wildman–Crippen MR) is 101 cm³/mol. The number of halogens is 1. The molecule has 0 radical (unpaired) electrons. The fraction of sp³-hybridized carbons (Fsp3) is 0.588. The second-order valence-corrected chi connectivity index (χ2v) is 7.74. The summed E-state index contributed by atoms with van der Waals surface area (Å²) in [5.41, 5.74) is 9.21. The first-order valence-electron chi connectivity index (χ1n) is 7.57. The number of carbonyl (C=O) groups excluding carboxylic acids is 1. The van der Waals surface area contributed by atoms with Crippen LogP contribution in [0.4, 0.5) is 5.69 Å². The first-order chi connectivity index (χ1) is 9.81. The molecule has 1 rings (SSSR count). The third-order valence-electron chi connectivity index (χ3n) is 3.34. The Morgan fingerprint density at radius 2 is 1.91 bits per heavy atom. The van der Waals surface area contributed by atoms with Crippen LogP contribution in [0.3, 0.4) is 0 Å². The molecule has 0 unspecified atom stereocenters. The molecule has 3 nitrogen and oxygen atoms in total. The van der Waals surface area contributed by atoms with Crippen LogP contribution in [0.25, 0.3) is 0 Å². The molecule has 0 aromatic heterocycles. The summed E-state index contributed by atoms with van der Waals surface area (Å²) >= 11 is 1.90. The van der Waals surface area contributed by atoms with Crippen molar-refractivity contribution in [1.29, 1.82) is 0 Å². The van der Waals surface area contributed by atoms with E-state index in [0.29, 0.717) is 17.6 Å². The molecule has 0 saturated heterocycles. The second-order valence-electron chi connectivity index (χ2n) is 6.17. The molecule has 0 saturated carbocycles. The lowest BCUT2D eigenvalue weighted by molar-refractivity contribution is -0.117. The number of nitrogens with two attached hydrogens (primary N) is 1. The Hall–Kier alpha value is -0.710. The van der Waals surface area contributed by atoms with Crippen molar-refractivity contribution in [2.75, 3.05) is 5.32 Å². The zero-order chi connectivity index (χ0) is 16.0. The van der Waals surface area contributed by atoms with Crippen molar-refractivity contribution in [3.63, 3.8) is 0 Å². The first kappa shape index (κ1) is 21.3. The van der Waals surface area contributed by atoms with E-state index in [2.05, 4.69) is 46.0 Å². The van der Waals surface area contributed by atoms with Crippen LogP contribution in [0, 0.1) is 12.8 Å². The molecule has 1 aromatic rings. The van der Waals surface area contributed by atoms with E-state index < -0.39 is 6.04 Å². The first-order valence-corrected chi connectivity index (χ1v) is 8.62. The Labute approximate surface area is 145 Å². The van der Waals surface area contributed by atoms with E-state index >= 15 is 0 Å². The summed E-state index contributed by atoms with van der Waals surface area (Å²) < 4.78 is 0. The van der Waals surface area contributed by atoms with Gasteiger partial charge in [-0.1, -0.05) is 39.8 Å². The van der Waals surface area contributed by atoms with Gasteiger partial charge in [-0.15, -0.1) is 12.4 Å². The average Bonchev–Trinajstić information content (AvgIpc) is 2.38. The van der Waals surface area contributed by atoms with Crippen molar-refractivity contribution in [1.82, 2.24) is 0 Å². The lowest BCUT2D eigenvalue weighted by atomic mass is 10.0. The molecule has 3 N–H and O–H groups in total. The maximum absolute atomic E-state index is 12.1. The minimum atomic E-state index is -0.446. The molecule has 0 aliphatic carbocycles. The van der Waals surface area contributed by atoms with Crippen LogP contribution in [0.1, 0.15) is 45.2 Å². The smallest absolute Gasteiger partial charge is 0.241 e. The fourth-order valence-corrected chi connectivity index (χ4v) is 2.90. The van der Waals surface area contributed by atoms with Crippen molar-refractivity contribution in [2.24, 2.45) is 11.7 Å². The van der Waals surface area contributed by atoms with Crippen molar-refractivity contribution >= 4 is 35.8 Å². The molecule has 22 heavy (non-hydrogen) atoms. The van der Waals surface area contributed by atoms with Crippen LogP contribution in [0.2, 0.25) is 0 Å². The lowest BCUT2D eigenvalue weighted by Gasteiger charge is -2.17. The van der Waals surface area contributed by atoms with Crippen molar-refractivity contribution in [2.45, 2.75) is 58.1 Å². The summed E-state index contributed by atoms with van der Waals surface area (Å²) in [5, 5.41) is 3.57. The number of carbonyl (C=O) groups is 1. The lowest BCUT2D eigenvalue weighted by Crippen LogP contribution is -2.36. The monoisotopic (exact) mass is 344 g/mol. The van der Waals surface area contributed by atoms with Crippen LogP contribution in [-0.2, 0) is 10.5 Å². The molecule has 0 bridgehead atoms. The fourth-order valence-electron chi connectivity index (χ4n) is 2.07. The molecule has 0 aliphatic heterocycles. The van der Waals surface area contributed by atoms with E-state index in [9.17, 15) is 4.79 Å². The highest BCUT2D eigenvalue weighted by atomic mass is 35.5. The van der Waals surface area contributed by atoms with Crippen LogP contribution in [-0.4, -0.2) is 17.2 Å². The molecule has 1 aromatic carbocycles. The normalized spacial score (nSPS) is 12.2. The zero-order valence-corrected chi connectivity index (χ0v) is 15.8. The van der Waals surface area contributed by atoms with Gasteiger partial charge in [0.15, 0.2) is 0 Å². The molecular formula is C17H29ClN2OS. The van der Waals surface area contributed by atoms with E-state index in [1.54, 1.807) is 0 Å². The molecule has 126 valence electrons. The largest absolute Gasteiger partial charge is 0.324 e. The summed E-state index contributed by atoms with van der Waals surface area (Å²) in [6.07, 6.45) is 0.702. The number of rotatable bonds is 7. The third-order valence-corrected chi connectivity index (χ3v) is 4.48. The van der Waals surface area contributed by atoms with E-state index in [0.717, 1.165) is 17.0 Å². The Morgan fingerprint density at radius 3 is 2.45 bits per heavy atom. The van der Waals surface area contributed by atoms with Crippen LogP contribution in [0.15, 0.2) is 18.2 Å². The highest BCUT2D eigenvalue weighted by Crippen LogP contribution is 2.25. The topological polar surface area (TPSA) is 55.1 Å². The average molecular weight is 345 g/mol. The van der Waals surface area contributed by atoms with Crippen molar-refractivity contribution < 1.29 is 4.79 Å². The third kappa shape index (κ3) is 7.03. The summed E-state index contributed by atoms with van der Waals surface area (Å²) in [6.45, 7) is 10.6. The van der Waals surface area contributed by atoms with Gasteiger partial charge in [0.25, 0.3) is 0 Å². The van der Waals surface area contributed by atoms with Gasteiger partial charge < -0.3 is 11.1 Å². The summed E-state index contributed by atoms with van der Waals surface area (Å²) in [6, 6.07) is 5.61. The number of hydrogen-bond acceptors (Lipinski definition) is 3. The molecule has 0 fully saturated rings. The highest BCUT2D eigenvalue weighted by molar-refractivity contribution is 7.99. The van der Waals surface area contributed by atoms with Gasteiger partial charge in [-0.25, -0.2) is 0 Å². The van der Waals surface area contributed by atoms with Crippen LogP contribution in [0.5, 0.6) is 0 Å². The number of nitrogens with one attached hydrogen (secondary N) is 1. The summed E-state index contributed by atoms with van der Waals surface area (Å²) in [4.78, 5) is 12.1. The molecule has 1 amide bonds. The molecule has 0 aliphatic rings. The van der Waals surface area contributed by atoms with Crippen molar-refractivity contribution in [3.05, 3.63) is 29.3 Å². The molecule has 1 atom stereocenters. The SMILES string of the molecule is Cc1c(CSC(C)C)cccc1NC(=O)[C@@H](N)CC(C)C.Cl. The van der Waals surface area contributed by atoms with Crippen molar-refractivity contribution in [3.8, 4) is 0 Å². The standard InChI is InChI=1S/C17H28N2OS.ClH/c1-11(2)9-15(18)17(20)19-16-8-6-7-14(13(16)5)10-21-12(3)4;/h6-8,11-12,15H,9-10,18H2,1-5H3,(H,19,20);1H/t15-;/m0./s1. The van der Waals surface area contributed by atoms with E-state index in [4.69, 9.17) is 5.73 Å². The minimum absolute atomic E-state index is 0. The Bertz CT molecular complexity index is 478. The van der Waals surface area contributed by atoms with Gasteiger partial charge >= 0.3 is 0 Å².